The molecule has 652 valence electrons. The second-order valence-electron chi connectivity index (χ2n) is 37.0. The summed E-state index contributed by atoms with van der Waals surface area (Å²) in [5.74, 6) is -4.18. The third-order valence-corrected chi connectivity index (χ3v) is 32.5. The van der Waals surface area contributed by atoms with Crippen molar-refractivity contribution in [3.05, 3.63) is 0 Å². The van der Waals surface area contributed by atoms with Gasteiger partial charge in [0.25, 0.3) is 0 Å². The predicted octanol–water partition coefficient (Wildman–Crippen LogP) is 2.45. The van der Waals surface area contributed by atoms with Gasteiger partial charge in [-0.25, -0.2) is 18.0 Å². The molecule has 0 aromatic carbocycles. The summed E-state index contributed by atoms with van der Waals surface area (Å²) in [5, 5.41) is 90.5. The minimum absolute atomic E-state index is 0.0531. The average Bonchev–Trinajstić information content (AvgIpc) is 0.687. The molecule has 0 aliphatic carbocycles. The van der Waals surface area contributed by atoms with Gasteiger partial charge in [-0.2, -0.15) is 43.1 Å². The number of ether oxygens (including phenoxy) is 11. The first-order valence-corrected chi connectivity index (χ1v) is 41.3. The van der Waals surface area contributed by atoms with Gasteiger partial charge in [0.2, 0.25) is 5.91 Å². The summed E-state index contributed by atoms with van der Waals surface area (Å²) in [6.07, 6.45) is 0. The van der Waals surface area contributed by atoms with Gasteiger partial charge in [-0.3, -0.25) is 23.0 Å². The van der Waals surface area contributed by atoms with Gasteiger partial charge in [0.05, 0.1) is 132 Å². The highest BCUT2D eigenvalue weighted by atomic mass is 32.3. The zero-order chi connectivity index (χ0) is 87.6. The van der Waals surface area contributed by atoms with Crippen molar-refractivity contribution < 1.29 is 162 Å². The van der Waals surface area contributed by atoms with Crippen LogP contribution < -0.4 is 14.8 Å². The van der Waals surface area contributed by atoms with Crippen molar-refractivity contribution in [2.24, 2.45) is 27.1 Å². The molecule has 0 bridgehead atoms. The Kier molecular flexibility index (Phi) is 25.3. The third-order valence-electron chi connectivity index (χ3n) is 30.1. The molecule has 42 heteroatoms. The maximum atomic E-state index is 14.1. The van der Waals surface area contributed by atoms with Crippen LogP contribution in [0.3, 0.4) is 0 Å². The third kappa shape index (κ3) is 14.3. The highest BCUT2D eigenvalue weighted by molar-refractivity contribution is 7.84. The summed E-state index contributed by atoms with van der Waals surface area (Å²) < 4.78 is 233. The van der Waals surface area contributed by atoms with Gasteiger partial charge < -0.3 is 93.2 Å². The standard InChI is InChI=1S/C69H127N3O35S4/c1-42(73)70-60(20)54(14,102-45(2,3)48(8,32-95-30)63(60,23)78)38-99-35-51(11)58(18,43(74)75)104-56(16,67(27,82)65(51,25)80)40-98-34-50(10)47(6,7)103-55(15,62(22,72-109(86,87)88)68(50,28)106-110(89,90)91)39-100-36-52(12)59(19,44(76)77)105-57(17,69(29,66(52,26)81)107-111(92,93)94)41-97-33-49(9)46(4,5)101-53(13,37-96-31)61(21,64(49,24)79)71-108(83,84)85/h71-72,78-82H,32-41H2,1-31H3,(H,70,73)(H,74,75)(H,76,77)(H,83,84,85)(H,86,87,88)(H,89,90,91)(H,92,93,94)/t48-,49-,50-,51-,52-,53-,54-,55-,56+,57+,58?,59?,60?,61?,62?,63-,64-,65-,66-,67?,68-,69?/m1/s1. The fourth-order valence-corrected chi connectivity index (χ4v) is 22.6. The number of amides is 1. The van der Waals surface area contributed by atoms with Crippen molar-refractivity contribution in [3.8, 4) is 0 Å². The van der Waals surface area contributed by atoms with Gasteiger partial charge in [-0.1, -0.05) is 34.6 Å². The number of hydrogen-bond donors (Lipinski definition) is 14. The topological polar surface area (TPSA) is 566 Å². The Morgan fingerprint density at radius 3 is 0.973 bits per heavy atom. The zero-order valence-corrected chi connectivity index (χ0v) is 73.2. The molecule has 5 fully saturated rings. The van der Waals surface area contributed by atoms with Crippen LogP contribution in [0.2, 0.25) is 0 Å². The molecule has 5 saturated heterocycles. The Morgan fingerprint density at radius 1 is 0.324 bits per heavy atom. The quantitative estimate of drug-likeness (QED) is 0.0443. The second kappa shape index (κ2) is 28.5. The normalized spacial score (nSPS) is 47.5. The van der Waals surface area contributed by atoms with E-state index in [1.54, 1.807) is 34.6 Å². The van der Waals surface area contributed by atoms with Gasteiger partial charge in [-0.05, 0) is 159 Å². The SMILES string of the molecule is COC[C@@]1(C)OC(C)(C)[C@@](C)(COC[C@]2(C)OC(C)(C(=O)O)[C@@](C)(COC[C@@]3(C)OC(C)(C)[C@@](C)(COC[C@]4(C)OC(C)(C(=O)O)[C@@](C)(COC[C@@]5(C)OC(C)(C)[C@@](C)(COC)[C@@](C)(O)C5(C)NC(C)=O)[C@@](C)(O)C4(C)O)[C@@](C)(OS(=O)(=O)O)C3(C)NS(=O)(=O)O)[C@@](C)(O)C2(C)OS(=O)(=O)O)[C@@](C)(O)C1(C)NS(=O)(=O)O. The Labute approximate surface area is 653 Å². The molecular weight excluding hydrogens is 1560 g/mol. The molecule has 38 nitrogen and oxygen atoms in total. The molecule has 1 amide bonds. The van der Waals surface area contributed by atoms with E-state index in [9.17, 15) is 102 Å². The molecule has 22 atom stereocenters. The summed E-state index contributed by atoms with van der Waals surface area (Å²) >= 11 is 0. The molecule has 5 aliphatic heterocycles. The van der Waals surface area contributed by atoms with E-state index in [-0.39, 0.29) is 13.2 Å². The van der Waals surface area contributed by atoms with Crippen LogP contribution in [0.5, 0.6) is 0 Å². The van der Waals surface area contributed by atoms with E-state index in [1.165, 1.54) is 104 Å². The van der Waals surface area contributed by atoms with Gasteiger partial charge in [0.1, 0.15) is 56.0 Å². The zero-order valence-electron chi connectivity index (χ0n) is 69.9. The number of carbonyl (C=O) groups is 3. The molecule has 7 unspecified atom stereocenters. The molecule has 111 heavy (non-hydrogen) atoms. The molecule has 0 aromatic rings. The van der Waals surface area contributed by atoms with Crippen LogP contribution >= 0.6 is 0 Å². The van der Waals surface area contributed by atoms with E-state index in [1.807, 2.05) is 4.72 Å². The number of carboxylic acid groups (broad SMARTS) is 2. The van der Waals surface area contributed by atoms with Gasteiger partial charge >= 0.3 is 53.3 Å². The molecule has 5 aliphatic rings. The molecule has 0 aromatic heterocycles. The van der Waals surface area contributed by atoms with E-state index in [0.717, 1.165) is 76.2 Å². The number of rotatable bonds is 31. The van der Waals surface area contributed by atoms with Crippen LogP contribution in [-0.4, -0.2) is 298 Å². The minimum atomic E-state index is -5.89. The van der Waals surface area contributed by atoms with Gasteiger partial charge in [-0.15, -0.1) is 0 Å². The first-order chi connectivity index (χ1) is 48.6. The summed E-state index contributed by atoms with van der Waals surface area (Å²) in [6.45, 7) is 28.9. The van der Waals surface area contributed by atoms with Crippen LogP contribution in [0.15, 0.2) is 0 Å². The summed E-state index contributed by atoms with van der Waals surface area (Å²) in [5.41, 5.74) is -56.9. The lowest BCUT2D eigenvalue weighted by Gasteiger charge is -2.70. The predicted molar refractivity (Wildman–Crippen MR) is 393 cm³/mol. The van der Waals surface area contributed by atoms with Crippen molar-refractivity contribution in [1.82, 2.24) is 14.8 Å². The molecular formula is C69H127N3O35S4. The van der Waals surface area contributed by atoms with Crippen LogP contribution in [0.1, 0.15) is 201 Å². The Bertz CT molecular complexity index is 4050. The summed E-state index contributed by atoms with van der Waals surface area (Å²) in [7, 11) is -19.9. The summed E-state index contributed by atoms with van der Waals surface area (Å²) in [6, 6.07) is 0. The van der Waals surface area contributed by atoms with E-state index >= 15 is 0 Å². The summed E-state index contributed by atoms with van der Waals surface area (Å²) in [4.78, 5) is 41.2. The molecule has 0 saturated carbocycles. The van der Waals surface area contributed by atoms with Crippen molar-refractivity contribution in [2.75, 3.05) is 80.3 Å². The number of aliphatic carboxylic acids is 2. The Morgan fingerprint density at radius 2 is 0.613 bits per heavy atom. The van der Waals surface area contributed by atoms with Crippen LogP contribution in [0, 0.1) is 27.1 Å². The first-order valence-electron chi connectivity index (χ1n) is 35.7. The average molecular weight is 1690 g/mol. The maximum Gasteiger partial charge on any atom is 0.398 e. The number of hydrogen-bond acceptors (Lipinski definition) is 29. The number of nitrogens with one attached hydrogen (secondary N) is 3. The first kappa shape index (κ1) is 98.8. The van der Waals surface area contributed by atoms with Crippen molar-refractivity contribution in [2.45, 2.75) is 313 Å². The van der Waals surface area contributed by atoms with E-state index < -0.39 is 251 Å². The number of methoxy groups -OCH3 is 2. The number of carboxylic acids is 2. The van der Waals surface area contributed by atoms with E-state index in [0.29, 0.717) is 0 Å². The largest absolute Gasteiger partial charge is 0.479 e. The molecule has 5 heterocycles. The minimum Gasteiger partial charge on any atom is -0.479 e. The molecule has 0 radical (unpaired) electrons. The van der Waals surface area contributed by atoms with Crippen molar-refractivity contribution >= 4 is 59.3 Å². The van der Waals surface area contributed by atoms with E-state index in [2.05, 4.69) is 10.0 Å². The smallest absolute Gasteiger partial charge is 0.398 e. The van der Waals surface area contributed by atoms with Crippen molar-refractivity contribution in [1.29, 1.82) is 0 Å². The van der Waals surface area contributed by atoms with Gasteiger partial charge in [0, 0.05) is 26.6 Å². The Hall–Kier alpha value is -2.75. The highest BCUT2D eigenvalue weighted by Gasteiger charge is 2.83. The van der Waals surface area contributed by atoms with Crippen molar-refractivity contribution in [3.63, 3.8) is 0 Å². The number of carbonyl (C=O) groups excluding carboxylic acids is 1. The van der Waals surface area contributed by atoms with Crippen LogP contribution in [0.4, 0.5) is 0 Å². The second-order valence-corrected chi connectivity index (χ2v) is 41.4. The lowest BCUT2D eigenvalue weighted by atomic mass is 9.51. The molecule has 0 spiro atoms. The van der Waals surface area contributed by atoms with Crippen LogP contribution in [0.25, 0.3) is 0 Å². The monoisotopic (exact) mass is 1690 g/mol. The lowest BCUT2D eigenvalue weighted by Crippen LogP contribution is -2.87. The molecule has 5 rings (SSSR count). The highest BCUT2D eigenvalue weighted by Crippen LogP contribution is 2.66. The molecule has 14 N–H and O–H groups in total. The Balaban J connectivity index is 1.59. The van der Waals surface area contributed by atoms with Crippen LogP contribution in [-0.2, 0) is 116 Å². The van der Waals surface area contributed by atoms with Gasteiger partial charge in [0.15, 0.2) is 11.2 Å². The maximum absolute atomic E-state index is 14.1. The fourth-order valence-electron chi connectivity index (χ4n) is 19.2. The number of aliphatic hydroxyl groups is 5. The van der Waals surface area contributed by atoms with E-state index in [4.69, 9.17) is 60.5 Å². The fraction of sp³-hybridized carbons (Fsp3) is 0.957. The lowest BCUT2D eigenvalue weighted by molar-refractivity contribution is -0.395.